The molecule has 5 rings (SSSR count). The monoisotopic (exact) mass is 315 g/mol. The molecule has 4 heterocycles. The van der Waals surface area contributed by atoms with Gasteiger partial charge < -0.3 is 14.4 Å². The van der Waals surface area contributed by atoms with E-state index in [-0.39, 0.29) is 6.10 Å². The maximum Gasteiger partial charge on any atom is 0.134 e. The fourth-order valence-corrected chi connectivity index (χ4v) is 3.55. The van der Waals surface area contributed by atoms with Crippen LogP contribution in [0.5, 0.6) is 0 Å². The van der Waals surface area contributed by atoms with E-state index in [1.807, 2.05) is 42.5 Å². The second-order valence-electron chi connectivity index (χ2n) is 6.05. The Labute approximate surface area is 134 Å². The van der Waals surface area contributed by atoms with Crippen molar-refractivity contribution in [2.75, 3.05) is 13.1 Å². The first kappa shape index (κ1) is 13.9. The molecule has 1 atom stereocenters. The number of benzene rings is 1. The number of nitrogens with zero attached hydrogens (tertiary/aromatic N) is 1. The summed E-state index contributed by atoms with van der Waals surface area (Å²) in [6.45, 7) is 2.08. The van der Waals surface area contributed by atoms with Crippen molar-refractivity contribution in [2.45, 2.75) is 18.9 Å². The number of piperidine rings is 3. The molecule has 3 aliphatic rings. The number of fused-ring (bicyclic) bond motifs is 3. The van der Waals surface area contributed by atoms with E-state index in [0.717, 1.165) is 48.7 Å². The second-order valence-corrected chi connectivity index (χ2v) is 6.48. The Morgan fingerprint density at radius 1 is 1.09 bits per heavy atom. The van der Waals surface area contributed by atoms with E-state index in [2.05, 4.69) is 4.90 Å². The summed E-state index contributed by atoms with van der Waals surface area (Å²) < 4.78 is 5.91. The summed E-state index contributed by atoms with van der Waals surface area (Å²) in [5.74, 6) is 2.00. The highest BCUT2D eigenvalue weighted by Gasteiger charge is 2.36. The molecule has 3 nitrogen and oxygen atoms in total. The predicted molar refractivity (Wildman–Crippen MR) is 87.4 cm³/mol. The van der Waals surface area contributed by atoms with Crippen molar-refractivity contribution in [3.63, 3.8) is 0 Å². The van der Waals surface area contributed by atoms with Crippen LogP contribution in [-0.4, -0.2) is 29.2 Å². The number of furan rings is 1. The van der Waals surface area contributed by atoms with Crippen LogP contribution in [0, 0.1) is 5.92 Å². The Hall–Kier alpha value is -1.71. The number of aliphatic hydroxyl groups is 1. The third kappa shape index (κ3) is 2.44. The van der Waals surface area contributed by atoms with Gasteiger partial charge in [-0.25, -0.2) is 0 Å². The minimum absolute atomic E-state index is 0.355. The van der Waals surface area contributed by atoms with Crippen molar-refractivity contribution in [3.05, 3.63) is 52.9 Å². The third-order valence-corrected chi connectivity index (χ3v) is 4.95. The molecule has 1 aromatic heterocycles. The van der Waals surface area contributed by atoms with Gasteiger partial charge in [0.15, 0.2) is 0 Å². The van der Waals surface area contributed by atoms with Gasteiger partial charge >= 0.3 is 0 Å². The van der Waals surface area contributed by atoms with Crippen molar-refractivity contribution in [1.29, 1.82) is 0 Å². The third-order valence-electron chi connectivity index (χ3n) is 4.70. The van der Waals surface area contributed by atoms with Crippen LogP contribution in [0.1, 0.15) is 18.6 Å². The van der Waals surface area contributed by atoms with Gasteiger partial charge in [0.2, 0.25) is 0 Å². The van der Waals surface area contributed by atoms with Crippen LogP contribution in [0.3, 0.4) is 0 Å². The Morgan fingerprint density at radius 3 is 2.50 bits per heavy atom. The van der Waals surface area contributed by atoms with Gasteiger partial charge in [-0.2, -0.15) is 0 Å². The molecule has 0 radical (unpaired) electrons. The average molecular weight is 316 g/mol. The van der Waals surface area contributed by atoms with Crippen molar-refractivity contribution in [2.24, 2.45) is 5.92 Å². The van der Waals surface area contributed by atoms with Gasteiger partial charge in [0.1, 0.15) is 11.5 Å². The predicted octanol–water partition coefficient (Wildman–Crippen LogP) is 4.03. The summed E-state index contributed by atoms with van der Waals surface area (Å²) in [6, 6.07) is 11.5. The summed E-state index contributed by atoms with van der Waals surface area (Å²) in [7, 11) is 0. The molecule has 3 aliphatic heterocycles. The Morgan fingerprint density at radius 2 is 1.82 bits per heavy atom. The molecule has 0 saturated carbocycles. The maximum absolute atomic E-state index is 10.4. The number of rotatable bonds is 2. The molecule has 0 spiro atoms. The summed E-state index contributed by atoms with van der Waals surface area (Å²) in [6.07, 6.45) is 3.81. The molecule has 4 heteroatoms. The fraction of sp³-hybridized carbons (Fsp3) is 0.333. The number of hydrogen-bond acceptors (Lipinski definition) is 3. The van der Waals surface area contributed by atoms with Crippen molar-refractivity contribution in [1.82, 2.24) is 4.90 Å². The Balaban J connectivity index is 1.62. The highest BCUT2D eigenvalue weighted by molar-refractivity contribution is 6.30. The summed E-state index contributed by atoms with van der Waals surface area (Å²) in [5, 5.41) is 11.1. The van der Waals surface area contributed by atoms with E-state index < -0.39 is 0 Å². The molecule has 22 heavy (non-hydrogen) atoms. The van der Waals surface area contributed by atoms with E-state index in [1.54, 1.807) is 0 Å². The van der Waals surface area contributed by atoms with E-state index in [1.165, 1.54) is 0 Å². The lowest BCUT2D eigenvalue weighted by atomic mass is 9.83. The molecule has 114 valence electrons. The molecule has 1 N–H and O–H groups in total. The van der Waals surface area contributed by atoms with E-state index in [4.69, 9.17) is 16.0 Å². The zero-order valence-electron chi connectivity index (χ0n) is 12.2. The van der Waals surface area contributed by atoms with Crippen LogP contribution >= 0.6 is 11.6 Å². The summed E-state index contributed by atoms with van der Waals surface area (Å²) in [4.78, 5) is 2.27. The van der Waals surface area contributed by atoms with Gasteiger partial charge in [0, 0.05) is 35.4 Å². The highest BCUT2D eigenvalue weighted by Crippen LogP contribution is 2.36. The average Bonchev–Trinajstić information content (AvgIpc) is 3.01. The smallest absolute Gasteiger partial charge is 0.134 e. The van der Waals surface area contributed by atoms with Gasteiger partial charge in [-0.05, 0) is 55.2 Å². The topological polar surface area (TPSA) is 36.6 Å². The van der Waals surface area contributed by atoms with Crippen LogP contribution in [-0.2, 0) is 0 Å². The van der Waals surface area contributed by atoms with Crippen molar-refractivity contribution in [3.8, 4) is 11.3 Å². The number of aliphatic hydroxyl groups excluding tert-OH is 1. The van der Waals surface area contributed by atoms with Crippen LogP contribution in [0.15, 0.2) is 46.5 Å². The quantitative estimate of drug-likeness (QED) is 0.909. The number of halogens is 1. The van der Waals surface area contributed by atoms with Crippen LogP contribution in [0.4, 0.5) is 0 Å². The van der Waals surface area contributed by atoms with Crippen molar-refractivity contribution >= 4 is 17.7 Å². The van der Waals surface area contributed by atoms with Gasteiger partial charge in [-0.3, -0.25) is 0 Å². The Kier molecular flexibility index (Phi) is 3.47. The molecular formula is C18H18ClNO2. The van der Waals surface area contributed by atoms with E-state index >= 15 is 0 Å². The molecule has 3 saturated heterocycles. The molecule has 2 bridgehead atoms. The lowest BCUT2D eigenvalue weighted by Crippen LogP contribution is -2.48. The van der Waals surface area contributed by atoms with Gasteiger partial charge in [-0.15, -0.1) is 0 Å². The van der Waals surface area contributed by atoms with Gasteiger partial charge in [0.25, 0.3) is 0 Å². The maximum atomic E-state index is 10.4. The SMILES string of the molecule is OC1C(=Cc2ccc(-c3ccc(Cl)cc3)o2)N2CCC1CC2. The lowest BCUT2D eigenvalue weighted by molar-refractivity contribution is 0.0213. The molecule has 1 aromatic carbocycles. The zero-order chi connectivity index (χ0) is 15.1. The van der Waals surface area contributed by atoms with Gasteiger partial charge in [0.05, 0.1) is 6.10 Å². The first-order valence-corrected chi connectivity index (χ1v) is 8.09. The fourth-order valence-electron chi connectivity index (χ4n) is 3.42. The largest absolute Gasteiger partial charge is 0.457 e. The van der Waals surface area contributed by atoms with Crippen LogP contribution in [0.25, 0.3) is 17.4 Å². The van der Waals surface area contributed by atoms with E-state index in [0.29, 0.717) is 10.9 Å². The zero-order valence-corrected chi connectivity index (χ0v) is 13.0. The standard InChI is InChI=1S/C18H18ClNO2/c19-14-3-1-12(2-4-14)17-6-5-15(22-17)11-16-18(21)13-7-9-20(16)10-8-13/h1-6,11,13,18,21H,7-10H2. The van der Waals surface area contributed by atoms with Crippen LogP contribution in [0.2, 0.25) is 5.02 Å². The minimum atomic E-state index is -0.355. The van der Waals surface area contributed by atoms with Crippen LogP contribution < -0.4 is 0 Å². The minimum Gasteiger partial charge on any atom is -0.457 e. The molecular weight excluding hydrogens is 298 g/mol. The molecule has 0 amide bonds. The molecule has 2 aromatic rings. The van der Waals surface area contributed by atoms with E-state index in [9.17, 15) is 5.11 Å². The highest BCUT2D eigenvalue weighted by atomic mass is 35.5. The van der Waals surface area contributed by atoms with Crippen molar-refractivity contribution < 1.29 is 9.52 Å². The second kappa shape index (κ2) is 5.49. The molecule has 3 fully saturated rings. The molecule has 0 aliphatic carbocycles. The first-order chi connectivity index (χ1) is 10.7. The summed E-state index contributed by atoms with van der Waals surface area (Å²) >= 11 is 5.91. The molecule has 1 unspecified atom stereocenters. The Bertz CT molecular complexity index is 692. The number of hydrogen-bond donors (Lipinski definition) is 1. The normalized spacial score (nSPS) is 25.9. The first-order valence-electron chi connectivity index (χ1n) is 7.71. The van der Waals surface area contributed by atoms with Gasteiger partial charge in [-0.1, -0.05) is 11.6 Å². The lowest BCUT2D eigenvalue weighted by Gasteiger charge is -2.45. The summed E-state index contributed by atoms with van der Waals surface area (Å²) in [5.41, 5.74) is 2.00.